The average molecular weight is 322 g/mol. The summed E-state index contributed by atoms with van der Waals surface area (Å²) in [7, 11) is 1.30. The van der Waals surface area contributed by atoms with Gasteiger partial charge in [0.1, 0.15) is 0 Å². The Balaban J connectivity index is 1.73. The lowest BCUT2D eigenvalue weighted by atomic mass is 10.2. The number of nitrogens with one attached hydrogen (secondary N) is 1. The molecule has 1 aromatic carbocycles. The molecule has 0 saturated heterocycles. The molecule has 0 aliphatic carbocycles. The normalized spacial score (nSPS) is 12.2. The molecule has 118 valence electrons. The molecule has 0 aliphatic rings. The second-order valence-electron chi connectivity index (χ2n) is 4.80. The maximum Gasteiger partial charge on any atom is 0.334 e. The summed E-state index contributed by atoms with van der Waals surface area (Å²) in [5.74, 6) is -1.26. The molecule has 7 heteroatoms. The Morgan fingerprint density at radius 2 is 2.18 bits per heavy atom. The molecular formula is C15H18N2O4S. The highest BCUT2D eigenvalue weighted by Gasteiger charge is 2.16. The lowest BCUT2D eigenvalue weighted by Gasteiger charge is -2.11. The molecule has 2 rings (SSSR count). The predicted molar refractivity (Wildman–Crippen MR) is 84.0 cm³/mol. The number of fused-ring (bicyclic) bond motifs is 1. The van der Waals surface area contributed by atoms with Crippen LogP contribution >= 0.6 is 11.3 Å². The van der Waals surface area contributed by atoms with Gasteiger partial charge < -0.3 is 15.2 Å². The van der Waals surface area contributed by atoms with Crippen molar-refractivity contribution in [3.8, 4) is 0 Å². The molecule has 2 N–H and O–H groups in total. The van der Waals surface area contributed by atoms with E-state index in [4.69, 9.17) is 9.84 Å². The van der Waals surface area contributed by atoms with E-state index in [1.165, 1.54) is 7.11 Å². The number of amides is 1. The first-order chi connectivity index (χ1) is 10.6. The minimum Gasteiger partial charge on any atom is -0.479 e. The van der Waals surface area contributed by atoms with Gasteiger partial charge in [-0.1, -0.05) is 12.1 Å². The number of carboxylic acid groups (broad SMARTS) is 1. The van der Waals surface area contributed by atoms with Crippen LogP contribution < -0.4 is 5.32 Å². The lowest BCUT2D eigenvalue weighted by molar-refractivity contribution is -0.148. The highest BCUT2D eigenvalue weighted by Crippen LogP contribution is 2.22. The number of rotatable bonds is 8. The van der Waals surface area contributed by atoms with Gasteiger partial charge in [-0.3, -0.25) is 4.79 Å². The lowest BCUT2D eigenvalue weighted by Crippen LogP contribution is -2.37. The number of hydrogen-bond acceptors (Lipinski definition) is 5. The first-order valence-corrected chi connectivity index (χ1v) is 7.78. The van der Waals surface area contributed by atoms with Crippen molar-refractivity contribution in [2.24, 2.45) is 0 Å². The predicted octanol–water partition coefficient (Wildman–Crippen LogP) is 1.83. The summed E-state index contributed by atoms with van der Waals surface area (Å²) in [6.45, 7) is -0.0220. The molecule has 1 unspecified atom stereocenters. The summed E-state index contributed by atoms with van der Waals surface area (Å²) in [4.78, 5) is 26.9. The van der Waals surface area contributed by atoms with Crippen LogP contribution in [0.2, 0.25) is 0 Å². The highest BCUT2D eigenvalue weighted by molar-refractivity contribution is 7.18. The quantitative estimate of drug-likeness (QED) is 0.774. The number of aromatic nitrogens is 1. The minimum absolute atomic E-state index is 0.0220. The number of methoxy groups -OCH3 is 1. The molecule has 1 heterocycles. The van der Waals surface area contributed by atoms with Crippen molar-refractivity contribution < 1.29 is 19.4 Å². The molecule has 0 saturated carbocycles. The molecule has 0 aliphatic heterocycles. The van der Waals surface area contributed by atoms with Crippen LogP contribution in [0.15, 0.2) is 24.3 Å². The maximum absolute atomic E-state index is 11.7. The van der Waals surface area contributed by atoms with E-state index < -0.39 is 12.1 Å². The Morgan fingerprint density at radius 1 is 1.41 bits per heavy atom. The third-order valence-corrected chi connectivity index (χ3v) is 4.27. The van der Waals surface area contributed by atoms with Crippen molar-refractivity contribution in [2.75, 3.05) is 13.7 Å². The number of para-hydroxylation sites is 1. The molecule has 22 heavy (non-hydrogen) atoms. The van der Waals surface area contributed by atoms with Crippen molar-refractivity contribution in [1.82, 2.24) is 10.3 Å². The summed E-state index contributed by atoms with van der Waals surface area (Å²) in [6, 6.07) is 7.93. The summed E-state index contributed by atoms with van der Waals surface area (Å²) in [5.41, 5.74) is 0.983. The van der Waals surface area contributed by atoms with Crippen LogP contribution in [0.5, 0.6) is 0 Å². The summed E-state index contributed by atoms with van der Waals surface area (Å²) in [6.07, 6.45) is 0.745. The Hall–Kier alpha value is -1.99. The van der Waals surface area contributed by atoms with Gasteiger partial charge >= 0.3 is 5.97 Å². The topological polar surface area (TPSA) is 88.5 Å². The number of carbonyl (C=O) groups excluding carboxylic acids is 1. The van der Waals surface area contributed by atoms with Crippen molar-refractivity contribution in [2.45, 2.75) is 25.4 Å². The average Bonchev–Trinajstić information content (AvgIpc) is 2.90. The van der Waals surface area contributed by atoms with Gasteiger partial charge in [-0.15, -0.1) is 11.3 Å². The first kappa shape index (κ1) is 16.4. The first-order valence-electron chi connectivity index (χ1n) is 6.97. The summed E-state index contributed by atoms with van der Waals surface area (Å²) < 4.78 is 5.89. The fourth-order valence-electron chi connectivity index (χ4n) is 1.99. The van der Waals surface area contributed by atoms with Crippen LogP contribution in [0.25, 0.3) is 10.2 Å². The van der Waals surface area contributed by atoms with Gasteiger partial charge in [0.05, 0.1) is 21.8 Å². The molecule has 0 spiro atoms. The molecule has 1 amide bonds. The van der Waals surface area contributed by atoms with E-state index in [0.717, 1.165) is 21.6 Å². The van der Waals surface area contributed by atoms with Gasteiger partial charge in [0.25, 0.3) is 0 Å². The Kier molecular flexibility index (Phi) is 5.85. The zero-order valence-electron chi connectivity index (χ0n) is 12.2. The Morgan fingerprint density at radius 3 is 2.86 bits per heavy atom. The number of carboxylic acids is 1. The van der Waals surface area contributed by atoms with Crippen molar-refractivity contribution in [3.05, 3.63) is 29.3 Å². The van der Waals surface area contributed by atoms with Gasteiger partial charge in [-0.05, 0) is 25.0 Å². The van der Waals surface area contributed by atoms with E-state index in [-0.39, 0.29) is 12.5 Å². The van der Waals surface area contributed by atoms with Crippen molar-refractivity contribution in [3.63, 3.8) is 0 Å². The number of aliphatic carboxylic acids is 1. The number of hydrogen-bond donors (Lipinski definition) is 2. The van der Waals surface area contributed by atoms with E-state index >= 15 is 0 Å². The molecule has 2 aromatic rings. The molecule has 0 bridgehead atoms. The number of benzene rings is 1. The largest absolute Gasteiger partial charge is 0.479 e. The third kappa shape index (κ3) is 4.51. The number of carbonyl (C=O) groups is 2. The standard InChI is InChI=1S/C15H18N2O4S/c1-21-11(15(19)20)9-16-13(18)7-4-8-14-17-10-5-2-3-6-12(10)22-14/h2-3,5-6,11H,4,7-9H2,1H3,(H,16,18)(H,19,20). The van der Waals surface area contributed by atoms with Crippen LogP contribution in [0, 0.1) is 0 Å². The number of thiazole rings is 1. The van der Waals surface area contributed by atoms with Crippen LogP contribution in [-0.2, 0) is 20.7 Å². The number of ether oxygens (including phenoxy) is 1. The highest BCUT2D eigenvalue weighted by atomic mass is 32.1. The number of nitrogens with zero attached hydrogens (tertiary/aromatic N) is 1. The zero-order chi connectivity index (χ0) is 15.9. The second kappa shape index (κ2) is 7.86. The van der Waals surface area contributed by atoms with Gasteiger partial charge in [0, 0.05) is 13.5 Å². The third-order valence-electron chi connectivity index (χ3n) is 3.18. The van der Waals surface area contributed by atoms with Crippen LogP contribution in [0.3, 0.4) is 0 Å². The van der Waals surface area contributed by atoms with Crippen LogP contribution in [0.4, 0.5) is 0 Å². The van der Waals surface area contributed by atoms with Crippen LogP contribution in [0.1, 0.15) is 17.8 Å². The minimum atomic E-state index is -1.09. The summed E-state index contributed by atoms with van der Waals surface area (Å²) in [5, 5.41) is 12.4. The van der Waals surface area contributed by atoms with Crippen LogP contribution in [-0.4, -0.2) is 41.7 Å². The second-order valence-corrected chi connectivity index (χ2v) is 5.91. The van der Waals surface area contributed by atoms with E-state index in [1.54, 1.807) is 11.3 Å². The van der Waals surface area contributed by atoms with E-state index in [2.05, 4.69) is 10.3 Å². The monoisotopic (exact) mass is 322 g/mol. The fourth-order valence-corrected chi connectivity index (χ4v) is 3.00. The maximum atomic E-state index is 11.7. The molecule has 1 atom stereocenters. The molecule has 1 aromatic heterocycles. The van der Waals surface area contributed by atoms with Gasteiger partial charge in [0.2, 0.25) is 5.91 Å². The van der Waals surface area contributed by atoms with Gasteiger partial charge in [0.15, 0.2) is 6.10 Å². The molecule has 0 radical (unpaired) electrons. The van der Waals surface area contributed by atoms with Crippen molar-refractivity contribution in [1.29, 1.82) is 0 Å². The summed E-state index contributed by atoms with van der Waals surface area (Å²) >= 11 is 1.63. The smallest absolute Gasteiger partial charge is 0.334 e. The van der Waals surface area contributed by atoms with Gasteiger partial charge in [-0.2, -0.15) is 0 Å². The fraction of sp³-hybridized carbons (Fsp3) is 0.400. The SMILES string of the molecule is COC(CNC(=O)CCCc1nc2ccccc2s1)C(=O)O. The van der Waals surface area contributed by atoms with Crippen molar-refractivity contribution >= 4 is 33.4 Å². The number of aryl methyl sites for hydroxylation is 1. The Bertz CT molecular complexity index is 623. The molecular weight excluding hydrogens is 304 g/mol. The van der Waals surface area contributed by atoms with E-state index in [1.807, 2.05) is 24.3 Å². The molecule has 0 fully saturated rings. The van der Waals surface area contributed by atoms with Gasteiger partial charge in [-0.25, -0.2) is 9.78 Å². The zero-order valence-corrected chi connectivity index (χ0v) is 13.1. The van der Waals surface area contributed by atoms with E-state index in [0.29, 0.717) is 12.8 Å². The van der Waals surface area contributed by atoms with E-state index in [9.17, 15) is 9.59 Å². The molecule has 6 nitrogen and oxygen atoms in total. The Labute approximate surface area is 132 Å².